The summed E-state index contributed by atoms with van der Waals surface area (Å²) in [6.07, 6.45) is 0. The second-order valence-electron chi connectivity index (χ2n) is 4.75. The first-order valence-electron chi connectivity index (χ1n) is 6.80. The molecule has 5 heteroatoms. The van der Waals surface area contributed by atoms with Gasteiger partial charge in [-0.15, -0.1) is 4.68 Å². The van der Waals surface area contributed by atoms with Gasteiger partial charge in [-0.25, -0.2) is 4.79 Å². The Kier molecular flexibility index (Phi) is 3.62. The van der Waals surface area contributed by atoms with Gasteiger partial charge in [0, 0.05) is 18.1 Å². The molecule has 5 nitrogen and oxygen atoms in total. The fourth-order valence-electron chi connectivity index (χ4n) is 2.18. The Morgan fingerprint density at radius 3 is 1.86 bits per heavy atom. The molecular formula is C17H13N3O2. The van der Waals surface area contributed by atoms with E-state index in [-0.39, 0.29) is 0 Å². The third kappa shape index (κ3) is 2.56. The van der Waals surface area contributed by atoms with E-state index in [1.165, 1.54) is 6.92 Å². The maximum Gasteiger partial charge on any atom is 0.371 e. The molecule has 0 spiro atoms. The van der Waals surface area contributed by atoms with Gasteiger partial charge in [-0.1, -0.05) is 60.7 Å². The summed E-state index contributed by atoms with van der Waals surface area (Å²) in [5.41, 5.74) is 1.87. The van der Waals surface area contributed by atoms with Crippen LogP contribution in [0.2, 0.25) is 0 Å². The quantitative estimate of drug-likeness (QED) is 0.728. The van der Waals surface area contributed by atoms with E-state index in [2.05, 4.69) is 10.1 Å². The van der Waals surface area contributed by atoms with E-state index in [0.29, 0.717) is 11.4 Å². The van der Waals surface area contributed by atoms with Crippen molar-refractivity contribution in [2.45, 2.75) is 6.92 Å². The molecule has 2 aromatic carbocycles. The molecule has 108 valence electrons. The van der Waals surface area contributed by atoms with E-state index >= 15 is 0 Å². The van der Waals surface area contributed by atoms with Crippen molar-refractivity contribution in [3.63, 3.8) is 0 Å². The molecule has 0 amide bonds. The molecule has 22 heavy (non-hydrogen) atoms. The molecule has 0 saturated carbocycles. The van der Waals surface area contributed by atoms with Gasteiger partial charge in [-0.3, -0.25) is 4.79 Å². The fraction of sp³-hybridized carbons (Fsp3) is 0.0588. The van der Waals surface area contributed by atoms with Crippen molar-refractivity contribution in [1.82, 2.24) is 14.8 Å². The number of carbonyl (C=O) groups excluding carboxylic acids is 1. The second kappa shape index (κ2) is 5.73. The number of carbonyl (C=O) groups is 1. The van der Waals surface area contributed by atoms with Crippen molar-refractivity contribution in [1.29, 1.82) is 0 Å². The van der Waals surface area contributed by atoms with Crippen LogP contribution in [-0.4, -0.2) is 20.7 Å². The van der Waals surface area contributed by atoms with E-state index in [1.807, 2.05) is 60.7 Å². The minimum Gasteiger partial charge on any atom is -0.273 e. The van der Waals surface area contributed by atoms with Gasteiger partial charge in [0.25, 0.3) is 0 Å². The van der Waals surface area contributed by atoms with Crippen LogP contribution in [-0.2, 0) is 0 Å². The van der Waals surface area contributed by atoms with E-state index < -0.39 is 11.6 Å². The molecule has 3 rings (SSSR count). The first-order valence-corrected chi connectivity index (χ1v) is 6.80. The lowest BCUT2D eigenvalue weighted by molar-refractivity contribution is 0.0913. The summed E-state index contributed by atoms with van der Waals surface area (Å²) in [7, 11) is 0. The number of nitrogens with zero attached hydrogens (tertiary/aromatic N) is 3. The minimum absolute atomic E-state index is 0.464. The van der Waals surface area contributed by atoms with Crippen LogP contribution < -0.4 is 5.69 Å². The zero-order valence-corrected chi connectivity index (χ0v) is 11.9. The molecule has 1 aromatic heterocycles. The van der Waals surface area contributed by atoms with Crippen molar-refractivity contribution in [2.24, 2.45) is 0 Å². The monoisotopic (exact) mass is 291 g/mol. The Morgan fingerprint density at radius 2 is 1.36 bits per heavy atom. The lowest BCUT2D eigenvalue weighted by Crippen LogP contribution is -2.30. The van der Waals surface area contributed by atoms with Gasteiger partial charge in [0.2, 0.25) is 5.91 Å². The average molecular weight is 291 g/mol. The highest BCUT2D eigenvalue weighted by Gasteiger charge is 2.15. The lowest BCUT2D eigenvalue weighted by Gasteiger charge is -2.09. The van der Waals surface area contributed by atoms with E-state index in [9.17, 15) is 9.59 Å². The average Bonchev–Trinajstić information content (AvgIpc) is 2.56. The SMILES string of the molecule is CC(=O)n1nc(-c2ccccc2)c(-c2ccccc2)nc1=O. The number of benzene rings is 2. The summed E-state index contributed by atoms with van der Waals surface area (Å²) < 4.78 is 0.786. The van der Waals surface area contributed by atoms with Crippen LogP contribution in [0.4, 0.5) is 0 Å². The van der Waals surface area contributed by atoms with E-state index in [1.54, 1.807) is 0 Å². The third-order valence-electron chi connectivity index (χ3n) is 3.21. The number of hydrogen-bond acceptors (Lipinski definition) is 4. The van der Waals surface area contributed by atoms with Gasteiger partial charge in [0.1, 0.15) is 11.4 Å². The van der Waals surface area contributed by atoms with Gasteiger partial charge >= 0.3 is 5.69 Å². The summed E-state index contributed by atoms with van der Waals surface area (Å²) >= 11 is 0. The maximum atomic E-state index is 12.0. The summed E-state index contributed by atoms with van der Waals surface area (Å²) in [5, 5.41) is 4.21. The smallest absolute Gasteiger partial charge is 0.273 e. The Hall–Kier alpha value is -3.08. The molecule has 3 aromatic rings. The number of rotatable bonds is 2. The lowest BCUT2D eigenvalue weighted by atomic mass is 10.0. The highest BCUT2D eigenvalue weighted by Crippen LogP contribution is 2.26. The molecular weight excluding hydrogens is 278 g/mol. The largest absolute Gasteiger partial charge is 0.371 e. The van der Waals surface area contributed by atoms with Crippen LogP contribution in [0.25, 0.3) is 22.5 Å². The normalized spacial score (nSPS) is 10.4. The van der Waals surface area contributed by atoms with Gasteiger partial charge < -0.3 is 0 Å². The van der Waals surface area contributed by atoms with Gasteiger partial charge in [0.15, 0.2) is 0 Å². The molecule has 0 radical (unpaired) electrons. The van der Waals surface area contributed by atoms with Crippen LogP contribution >= 0.6 is 0 Å². The van der Waals surface area contributed by atoms with Gasteiger partial charge in [-0.2, -0.15) is 10.1 Å². The highest BCUT2D eigenvalue weighted by atomic mass is 16.2. The first kappa shape index (κ1) is 13.9. The molecule has 1 heterocycles. The Balaban J connectivity index is 2.32. The van der Waals surface area contributed by atoms with Crippen molar-refractivity contribution in [3.05, 3.63) is 71.1 Å². The van der Waals surface area contributed by atoms with Gasteiger partial charge in [-0.05, 0) is 0 Å². The Bertz CT molecular complexity index is 871. The predicted octanol–water partition coefficient (Wildman–Crippen LogP) is 2.63. The highest BCUT2D eigenvalue weighted by molar-refractivity contribution is 5.79. The maximum absolute atomic E-state index is 12.0. The first-order chi connectivity index (χ1) is 10.7. The van der Waals surface area contributed by atoms with Crippen LogP contribution in [0.3, 0.4) is 0 Å². The van der Waals surface area contributed by atoms with Crippen LogP contribution in [0.5, 0.6) is 0 Å². The van der Waals surface area contributed by atoms with E-state index in [4.69, 9.17) is 0 Å². The third-order valence-corrected chi connectivity index (χ3v) is 3.21. The summed E-state index contributed by atoms with van der Waals surface area (Å²) in [6, 6.07) is 18.7. The van der Waals surface area contributed by atoms with Crippen molar-refractivity contribution in [3.8, 4) is 22.5 Å². The van der Waals surface area contributed by atoms with Crippen molar-refractivity contribution < 1.29 is 4.79 Å². The molecule has 0 bridgehead atoms. The Morgan fingerprint density at radius 1 is 0.864 bits per heavy atom. The van der Waals surface area contributed by atoms with Crippen LogP contribution in [0, 0.1) is 0 Å². The predicted molar refractivity (Wildman–Crippen MR) is 83.5 cm³/mol. The zero-order chi connectivity index (χ0) is 15.5. The summed E-state index contributed by atoms with van der Waals surface area (Å²) in [4.78, 5) is 27.6. The van der Waals surface area contributed by atoms with Crippen molar-refractivity contribution in [2.75, 3.05) is 0 Å². The molecule has 0 fully saturated rings. The minimum atomic E-state index is -0.675. The second-order valence-corrected chi connectivity index (χ2v) is 4.75. The van der Waals surface area contributed by atoms with Gasteiger partial charge in [0.05, 0.1) is 0 Å². The zero-order valence-electron chi connectivity index (χ0n) is 11.9. The standard InChI is InChI=1S/C17H13N3O2/c1-12(21)20-17(22)18-15(13-8-4-2-5-9-13)16(19-20)14-10-6-3-7-11-14/h2-11H,1H3. The number of aromatic nitrogens is 3. The topological polar surface area (TPSA) is 64.8 Å². The number of hydrogen-bond donors (Lipinski definition) is 0. The summed E-state index contributed by atoms with van der Waals surface area (Å²) in [6.45, 7) is 1.28. The van der Waals surface area contributed by atoms with E-state index in [0.717, 1.165) is 15.8 Å². The molecule has 0 aliphatic heterocycles. The van der Waals surface area contributed by atoms with Crippen LogP contribution in [0.1, 0.15) is 11.7 Å². The molecule has 0 aliphatic rings. The molecule has 0 atom stereocenters. The molecule has 0 saturated heterocycles. The molecule has 0 N–H and O–H groups in total. The molecule has 0 unspecified atom stereocenters. The molecule has 0 aliphatic carbocycles. The Labute approximate surface area is 126 Å². The summed E-state index contributed by atoms with van der Waals surface area (Å²) in [5.74, 6) is -0.464. The van der Waals surface area contributed by atoms with Crippen molar-refractivity contribution >= 4 is 5.91 Å². The fourth-order valence-corrected chi connectivity index (χ4v) is 2.18. The van der Waals surface area contributed by atoms with Crippen LogP contribution in [0.15, 0.2) is 65.5 Å².